The normalized spacial score (nSPS) is 12.7. The molecule has 2 N–H and O–H groups in total. The van der Waals surface area contributed by atoms with Crippen molar-refractivity contribution in [3.05, 3.63) is 46.2 Å². The predicted molar refractivity (Wildman–Crippen MR) is 81.4 cm³/mol. The van der Waals surface area contributed by atoms with Crippen molar-refractivity contribution < 1.29 is 5.11 Å². The first kappa shape index (κ1) is 15.0. The summed E-state index contributed by atoms with van der Waals surface area (Å²) >= 11 is 5.91. The molecule has 0 aliphatic carbocycles. The molecular formula is C15H20ClN3O. The Morgan fingerprint density at radius 3 is 2.55 bits per heavy atom. The number of rotatable bonds is 5. The van der Waals surface area contributed by atoms with Gasteiger partial charge in [-0.2, -0.15) is 5.10 Å². The third-order valence-corrected chi connectivity index (χ3v) is 3.67. The Labute approximate surface area is 124 Å². The summed E-state index contributed by atoms with van der Waals surface area (Å²) in [4.78, 5) is 0. The molecule has 0 radical (unpaired) electrons. The predicted octanol–water partition coefficient (Wildman–Crippen LogP) is 2.61. The van der Waals surface area contributed by atoms with Gasteiger partial charge in [-0.15, -0.1) is 0 Å². The van der Waals surface area contributed by atoms with Crippen LogP contribution in [0.4, 0.5) is 0 Å². The number of benzene rings is 1. The Morgan fingerprint density at radius 2 is 1.95 bits per heavy atom. The lowest BCUT2D eigenvalue weighted by molar-refractivity contribution is 0.251. The molecule has 2 rings (SSSR count). The summed E-state index contributed by atoms with van der Waals surface area (Å²) in [5.41, 5.74) is 4.26. The lowest BCUT2D eigenvalue weighted by atomic mass is 10.2. The average Bonchev–Trinajstić information content (AvgIpc) is 2.72. The molecular weight excluding hydrogens is 274 g/mol. The van der Waals surface area contributed by atoms with E-state index in [-0.39, 0.29) is 12.6 Å². The van der Waals surface area contributed by atoms with Gasteiger partial charge in [-0.25, -0.2) is 4.68 Å². The fourth-order valence-electron chi connectivity index (χ4n) is 2.11. The second-order valence-corrected chi connectivity index (χ2v) is 5.44. The van der Waals surface area contributed by atoms with Crippen molar-refractivity contribution in [3.63, 3.8) is 0 Å². The molecule has 20 heavy (non-hydrogen) atoms. The summed E-state index contributed by atoms with van der Waals surface area (Å²) in [6.07, 6.45) is 0. The van der Waals surface area contributed by atoms with Gasteiger partial charge in [-0.05, 0) is 45.0 Å². The third-order valence-electron chi connectivity index (χ3n) is 3.41. The summed E-state index contributed by atoms with van der Waals surface area (Å²) in [5.74, 6) is 0. The standard InChI is InChI=1S/C15H20ClN3O/c1-10(9-20)17-8-15-11(2)18-19(12(15)3)14-6-4-13(16)5-7-14/h4-7,10,17,20H,8-9H2,1-3H3. The van der Waals surface area contributed by atoms with E-state index >= 15 is 0 Å². The first-order valence-corrected chi connectivity index (χ1v) is 7.06. The van der Waals surface area contributed by atoms with Crippen LogP contribution in [0, 0.1) is 13.8 Å². The van der Waals surface area contributed by atoms with Crippen molar-refractivity contribution in [3.8, 4) is 5.69 Å². The molecule has 1 aromatic heterocycles. The molecule has 5 heteroatoms. The Hall–Kier alpha value is -1.36. The Kier molecular flexibility index (Phi) is 4.81. The molecule has 2 aromatic rings. The van der Waals surface area contributed by atoms with Gasteiger partial charge in [0.25, 0.3) is 0 Å². The first-order valence-electron chi connectivity index (χ1n) is 6.68. The highest BCUT2D eigenvalue weighted by Crippen LogP contribution is 2.19. The highest BCUT2D eigenvalue weighted by atomic mass is 35.5. The van der Waals surface area contributed by atoms with E-state index in [0.29, 0.717) is 11.6 Å². The van der Waals surface area contributed by atoms with Gasteiger partial charge >= 0.3 is 0 Å². The van der Waals surface area contributed by atoms with E-state index in [2.05, 4.69) is 17.3 Å². The first-order chi connectivity index (χ1) is 9.52. The van der Waals surface area contributed by atoms with Gasteiger partial charge < -0.3 is 10.4 Å². The fraction of sp³-hybridized carbons (Fsp3) is 0.400. The van der Waals surface area contributed by atoms with Crippen LogP contribution in [0.2, 0.25) is 5.02 Å². The van der Waals surface area contributed by atoms with E-state index in [4.69, 9.17) is 16.7 Å². The van der Waals surface area contributed by atoms with Crippen molar-refractivity contribution in [2.45, 2.75) is 33.4 Å². The van der Waals surface area contributed by atoms with Gasteiger partial charge in [0.15, 0.2) is 0 Å². The van der Waals surface area contributed by atoms with Crippen LogP contribution in [0.1, 0.15) is 23.9 Å². The SMILES string of the molecule is Cc1nn(-c2ccc(Cl)cc2)c(C)c1CNC(C)CO. The number of aryl methyl sites for hydroxylation is 1. The van der Waals surface area contributed by atoms with Gasteiger partial charge in [-0.1, -0.05) is 11.6 Å². The quantitative estimate of drug-likeness (QED) is 0.891. The molecule has 0 saturated heterocycles. The third kappa shape index (κ3) is 3.20. The van der Waals surface area contributed by atoms with Crippen molar-refractivity contribution in [2.75, 3.05) is 6.61 Å². The molecule has 1 heterocycles. The van der Waals surface area contributed by atoms with Crippen molar-refractivity contribution in [1.29, 1.82) is 0 Å². The minimum Gasteiger partial charge on any atom is -0.395 e. The molecule has 0 saturated carbocycles. The molecule has 0 spiro atoms. The van der Waals surface area contributed by atoms with Gasteiger partial charge in [0.05, 0.1) is 18.0 Å². The number of nitrogens with one attached hydrogen (secondary N) is 1. The number of hydrogen-bond donors (Lipinski definition) is 2. The molecule has 0 aliphatic heterocycles. The lowest BCUT2D eigenvalue weighted by Crippen LogP contribution is -2.29. The van der Waals surface area contributed by atoms with E-state index in [1.165, 1.54) is 5.56 Å². The Morgan fingerprint density at radius 1 is 1.30 bits per heavy atom. The maximum absolute atomic E-state index is 9.06. The zero-order valence-corrected chi connectivity index (χ0v) is 12.8. The average molecular weight is 294 g/mol. The molecule has 4 nitrogen and oxygen atoms in total. The molecule has 0 bridgehead atoms. The van der Waals surface area contributed by atoms with E-state index in [0.717, 1.165) is 17.1 Å². The van der Waals surface area contributed by atoms with Crippen molar-refractivity contribution >= 4 is 11.6 Å². The smallest absolute Gasteiger partial charge is 0.0649 e. The van der Waals surface area contributed by atoms with Crippen LogP contribution in [0.3, 0.4) is 0 Å². The minimum atomic E-state index is 0.0766. The molecule has 1 atom stereocenters. The number of aliphatic hydroxyl groups excluding tert-OH is 1. The van der Waals surface area contributed by atoms with E-state index in [9.17, 15) is 0 Å². The highest BCUT2D eigenvalue weighted by molar-refractivity contribution is 6.30. The van der Waals surface area contributed by atoms with Gasteiger partial charge in [0.2, 0.25) is 0 Å². The minimum absolute atomic E-state index is 0.0766. The summed E-state index contributed by atoms with van der Waals surface area (Å²) in [6.45, 7) is 6.83. The fourth-order valence-corrected chi connectivity index (χ4v) is 2.23. The number of aliphatic hydroxyl groups is 1. The van der Waals surface area contributed by atoms with Crippen LogP contribution in [-0.4, -0.2) is 27.5 Å². The maximum Gasteiger partial charge on any atom is 0.0649 e. The Bertz CT molecular complexity index is 578. The van der Waals surface area contributed by atoms with Crippen LogP contribution in [-0.2, 0) is 6.54 Å². The van der Waals surface area contributed by atoms with Crippen molar-refractivity contribution in [1.82, 2.24) is 15.1 Å². The monoisotopic (exact) mass is 293 g/mol. The molecule has 108 valence electrons. The van der Waals surface area contributed by atoms with Crippen LogP contribution < -0.4 is 5.32 Å². The van der Waals surface area contributed by atoms with Gasteiger partial charge in [-0.3, -0.25) is 0 Å². The van der Waals surface area contributed by atoms with E-state index in [1.807, 2.05) is 42.8 Å². The number of nitrogens with zero attached hydrogens (tertiary/aromatic N) is 2. The summed E-state index contributed by atoms with van der Waals surface area (Å²) < 4.78 is 1.92. The zero-order valence-electron chi connectivity index (χ0n) is 12.0. The molecule has 0 amide bonds. The van der Waals surface area contributed by atoms with Crippen molar-refractivity contribution in [2.24, 2.45) is 0 Å². The van der Waals surface area contributed by atoms with Gasteiger partial charge in [0.1, 0.15) is 0 Å². The topological polar surface area (TPSA) is 50.1 Å². The highest BCUT2D eigenvalue weighted by Gasteiger charge is 2.13. The summed E-state index contributed by atoms with van der Waals surface area (Å²) in [5, 5.41) is 17.6. The summed E-state index contributed by atoms with van der Waals surface area (Å²) in [6, 6.07) is 7.70. The second-order valence-electron chi connectivity index (χ2n) is 5.00. The second kappa shape index (κ2) is 6.39. The maximum atomic E-state index is 9.06. The number of hydrogen-bond acceptors (Lipinski definition) is 3. The Balaban J connectivity index is 2.26. The molecule has 0 aliphatic rings. The zero-order chi connectivity index (χ0) is 14.7. The van der Waals surface area contributed by atoms with Crippen LogP contribution in [0.25, 0.3) is 5.69 Å². The van der Waals surface area contributed by atoms with Crippen LogP contribution in [0.5, 0.6) is 0 Å². The lowest BCUT2D eigenvalue weighted by Gasteiger charge is -2.11. The summed E-state index contributed by atoms with van der Waals surface area (Å²) in [7, 11) is 0. The van der Waals surface area contributed by atoms with E-state index in [1.54, 1.807) is 0 Å². The molecule has 0 fully saturated rings. The number of aromatic nitrogens is 2. The largest absolute Gasteiger partial charge is 0.395 e. The number of halogens is 1. The van der Waals surface area contributed by atoms with Crippen LogP contribution >= 0.6 is 11.6 Å². The molecule has 1 unspecified atom stereocenters. The van der Waals surface area contributed by atoms with Gasteiger partial charge in [0, 0.05) is 28.9 Å². The van der Waals surface area contributed by atoms with Crippen LogP contribution in [0.15, 0.2) is 24.3 Å². The van der Waals surface area contributed by atoms with E-state index < -0.39 is 0 Å². The molecule has 1 aromatic carbocycles.